The van der Waals surface area contributed by atoms with Gasteiger partial charge in [-0.2, -0.15) is 0 Å². The zero-order valence-corrected chi connectivity index (χ0v) is 17.0. The van der Waals surface area contributed by atoms with Gasteiger partial charge in [-0.25, -0.2) is 0 Å². The fourth-order valence-corrected chi connectivity index (χ4v) is 3.90. The van der Waals surface area contributed by atoms with E-state index in [1.165, 1.54) is 28.0 Å². The summed E-state index contributed by atoms with van der Waals surface area (Å²) in [6.45, 7) is 10.6. The topological polar surface area (TPSA) is 20.3 Å². The smallest absolute Gasteiger partial charge is 0.165 e. The molecule has 1 aromatic rings. The summed E-state index contributed by atoms with van der Waals surface area (Å²) in [5, 5.41) is 0. The molecule has 0 aromatic heterocycles. The lowest BCUT2D eigenvalue weighted by atomic mass is 9.74. The van der Waals surface area contributed by atoms with Crippen molar-refractivity contribution in [3.63, 3.8) is 0 Å². The van der Waals surface area contributed by atoms with E-state index in [0.717, 1.165) is 11.1 Å². The van der Waals surface area contributed by atoms with Crippen LogP contribution in [-0.4, -0.2) is 24.8 Å². The van der Waals surface area contributed by atoms with Crippen molar-refractivity contribution in [1.82, 2.24) is 4.90 Å². The van der Waals surface area contributed by atoms with E-state index in [1.54, 1.807) is 6.08 Å². The number of hydrogen-bond acceptors (Lipinski definition) is 2. The molecule has 2 aliphatic rings. The van der Waals surface area contributed by atoms with Crippen LogP contribution < -0.4 is 0 Å². The standard InChI is InChI=1S/C24H29NO/c1-15-12-20(14-22(25(6)7)17(3)16(15)2)18-8-10-21-19(13-18)9-11-23(26)24(21,4)5/h8-14,20H,1-7H3. The van der Waals surface area contributed by atoms with Gasteiger partial charge in [-0.1, -0.05) is 35.9 Å². The van der Waals surface area contributed by atoms with Crippen molar-refractivity contribution in [3.8, 4) is 0 Å². The van der Waals surface area contributed by atoms with Gasteiger partial charge >= 0.3 is 0 Å². The normalized spacial score (nSPS) is 21.8. The fraction of sp³-hybridized carbons (Fsp3) is 0.375. The second-order valence-electron chi connectivity index (χ2n) is 8.24. The van der Waals surface area contributed by atoms with Gasteiger partial charge in [-0.05, 0) is 74.6 Å². The third kappa shape index (κ3) is 2.98. The highest BCUT2D eigenvalue weighted by Crippen LogP contribution is 2.37. The highest BCUT2D eigenvalue weighted by atomic mass is 16.1. The third-order valence-electron chi connectivity index (χ3n) is 5.95. The van der Waals surface area contributed by atoms with E-state index < -0.39 is 5.41 Å². The lowest BCUT2D eigenvalue weighted by Gasteiger charge is -2.28. The van der Waals surface area contributed by atoms with Crippen molar-refractivity contribution in [1.29, 1.82) is 0 Å². The third-order valence-corrected chi connectivity index (χ3v) is 5.95. The fourth-order valence-electron chi connectivity index (χ4n) is 3.90. The molecule has 2 aliphatic carbocycles. The Morgan fingerprint density at radius 2 is 1.65 bits per heavy atom. The lowest BCUT2D eigenvalue weighted by molar-refractivity contribution is -0.118. The van der Waals surface area contributed by atoms with Gasteiger partial charge in [-0.15, -0.1) is 0 Å². The number of carbonyl (C=O) groups is 1. The van der Waals surface area contributed by atoms with Crippen LogP contribution in [0.2, 0.25) is 0 Å². The molecule has 2 nitrogen and oxygen atoms in total. The number of likely N-dealkylation sites (N-methyl/N-ethyl adjacent to an activating group) is 1. The Balaban J connectivity index is 2.11. The van der Waals surface area contributed by atoms with E-state index in [9.17, 15) is 4.79 Å². The van der Waals surface area contributed by atoms with E-state index in [0.29, 0.717) is 0 Å². The molecule has 136 valence electrons. The second-order valence-corrected chi connectivity index (χ2v) is 8.24. The van der Waals surface area contributed by atoms with Crippen molar-refractivity contribution in [3.05, 3.63) is 75.5 Å². The largest absolute Gasteiger partial charge is 0.378 e. The average Bonchev–Trinajstić information content (AvgIpc) is 2.70. The first-order valence-corrected chi connectivity index (χ1v) is 9.25. The minimum absolute atomic E-state index is 0.174. The highest BCUT2D eigenvalue weighted by molar-refractivity contribution is 6.04. The molecule has 0 spiro atoms. The number of nitrogens with zero attached hydrogens (tertiary/aromatic N) is 1. The summed E-state index contributed by atoms with van der Waals surface area (Å²) in [5.41, 5.74) is 8.35. The van der Waals surface area contributed by atoms with Crippen LogP contribution in [0.5, 0.6) is 0 Å². The van der Waals surface area contributed by atoms with Crippen molar-refractivity contribution >= 4 is 11.9 Å². The number of benzene rings is 1. The molecule has 0 saturated heterocycles. The van der Waals surface area contributed by atoms with Gasteiger partial charge < -0.3 is 4.90 Å². The summed E-state index contributed by atoms with van der Waals surface area (Å²) in [4.78, 5) is 14.4. The number of ketones is 1. The Kier molecular flexibility index (Phi) is 4.56. The van der Waals surface area contributed by atoms with Gasteiger partial charge in [0, 0.05) is 25.7 Å². The van der Waals surface area contributed by atoms with E-state index in [2.05, 4.69) is 70.1 Å². The number of carbonyl (C=O) groups excluding carboxylic acids is 1. The van der Waals surface area contributed by atoms with E-state index >= 15 is 0 Å². The van der Waals surface area contributed by atoms with Crippen LogP contribution in [0.1, 0.15) is 57.2 Å². The van der Waals surface area contributed by atoms with Crippen LogP contribution in [0.25, 0.3) is 6.08 Å². The summed E-state index contributed by atoms with van der Waals surface area (Å²) in [7, 11) is 4.20. The Labute approximate surface area is 157 Å². The zero-order chi connectivity index (χ0) is 19.2. The molecule has 0 fully saturated rings. The van der Waals surface area contributed by atoms with Crippen LogP contribution in [-0.2, 0) is 10.2 Å². The molecular weight excluding hydrogens is 318 g/mol. The number of rotatable bonds is 2. The minimum Gasteiger partial charge on any atom is -0.378 e. The molecule has 26 heavy (non-hydrogen) atoms. The van der Waals surface area contributed by atoms with Crippen LogP contribution in [0.4, 0.5) is 0 Å². The average molecular weight is 348 g/mol. The molecule has 0 saturated carbocycles. The first-order chi connectivity index (χ1) is 12.1. The number of fused-ring (bicyclic) bond motifs is 1. The van der Waals surface area contributed by atoms with Crippen molar-refractivity contribution in [2.45, 2.75) is 46.0 Å². The first-order valence-electron chi connectivity index (χ1n) is 9.25. The molecular formula is C24H29NO. The number of allylic oxidation sites excluding steroid dienone is 6. The van der Waals surface area contributed by atoms with Gasteiger partial charge in [0.05, 0.1) is 5.41 Å². The molecule has 0 bridgehead atoms. The van der Waals surface area contributed by atoms with Gasteiger partial charge in [0.25, 0.3) is 0 Å². The second kappa shape index (κ2) is 6.42. The minimum atomic E-state index is -0.447. The molecule has 0 aliphatic heterocycles. The molecule has 0 amide bonds. The molecule has 2 heteroatoms. The van der Waals surface area contributed by atoms with E-state index in [1.807, 2.05) is 19.9 Å². The Morgan fingerprint density at radius 3 is 2.31 bits per heavy atom. The maximum atomic E-state index is 12.2. The molecule has 3 rings (SSSR count). The summed E-state index contributed by atoms with van der Waals surface area (Å²) < 4.78 is 0. The van der Waals surface area contributed by atoms with Crippen LogP contribution in [0.3, 0.4) is 0 Å². The van der Waals surface area contributed by atoms with Crippen LogP contribution in [0.15, 0.2) is 58.8 Å². The number of hydrogen-bond donors (Lipinski definition) is 0. The molecule has 0 heterocycles. The van der Waals surface area contributed by atoms with E-state index in [-0.39, 0.29) is 11.7 Å². The Bertz CT molecular complexity index is 891. The van der Waals surface area contributed by atoms with Gasteiger partial charge in [0.1, 0.15) is 0 Å². The van der Waals surface area contributed by atoms with Crippen molar-refractivity contribution < 1.29 is 4.79 Å². The summed E-state index contributed by atoms with van der Waals surface area (Å²) in [6.07, 6.45) is 8.38. The van der Waals surface area contributed by atoms with Crippen LogP contribution in [0, 0.1) is 0 Å². The van der Waals surface area contributed by atoms with Gasteiger partial charge in [0.2, 0.25) is 0 Å². The van der Waals surface area contributed by atoms with E-state index in [4.69, 9.17) is 0 Å². The Hall–Kier alpha value is -2.35. The van der Waals surface area contributed by atoms with Gasteiger partial charge in [0.15, 0.2) is 5.78 Å². The van der Waals surface area contributed by atoms with Crippen molar-refractivity contribution in [2.24, 2.45) is 0 Å². The predicted octanol–water partition coefficient (Wildman–Crippen LogP) is 5.39. The SMILES string of the molecule is CC1=CC(c2ccc3c(c2)C=CC(=O)C3(C)C)C=C(N(C)C)C(C)=C1C. The maximum absolute atomic E-state index is 12.2. The van der Waals surface area contributed by atoms with Gasteiger partial charge in [-0.3, -0.25) is 4.79 Å². The summed E-state index contributed by atoms with van der Waals surface area (Å²) in [5.74, 6) is 0.396. The maximum Gasteiger partial charge on any atom is 0.165 e. The zero-order valence-electron chi connectivity index (χ0n) is 17.0. The highest BCUT2D eigenvalue weighted by Gasteiger charge is 2.32. The monoisotopic (exact) mass is 347 g/mol. The lowest BCUT2D eigenvalue weighted by Crippen LogP contribution is -2.30. The molecule has 1 aromatic carbocycles. The molecule has 0 radical (unpaired) electrons. The van der Waals surface area contributed by atoms with Crippen LogP contribution >= 0.6 is 0 Å². The summed E-state index contributed by atoms with van der Waals surface area (Å²) >= 11 is 0. The Morgan fingerprint density at radius 1 is 0.962 bits per heavy atom. The quantitative estimate of drug-likeness (QED) is 0.715. The molecule has 0 N–H and O–H groups in total. The first kappa shape index (κ1) is 18.4. The molecule has 1 unspecified atom stereocenters. The summed E-state index contributed by atoms with van der Waals surface area (Å²) in [6, 6.07) is 6.56. The predicted molar refractivity (Wildman–Crippen MR) is 110 cm³/mol. The molecule has 1 atom stereocenters. The van der Waals surface area contributed by atoms with Crippen molar-refractivity contribution in [2.75, 3.05) is 14.1 Å².